The van der Waals surface area contributed by atoms with Crippen LogP contribution in [0, 0.1) is 0 Å². The van der Waals surface area contributed by atoms with Gasteiger partial charge in [-0.25, -0.2) is 4.79 Å². The van der Waals surface area contributed by atoms with Crippen LogP contribution in [-0.2, 0) is 19.1 Å². The summed E-state index contributed by atoms with van der Waals surface area (Å²) in [6.07, 6.45) is -0.0328. The first kappa shape index (κ1) is 18.9. The zero-order valence-corrected chi connectivity index (χ0v) is 15.1. The molecule has 0 bridgehead atoms. The van der Waals surface area contributed by atoms with Crippen molar-refractivity contribution in [3.05, 3.63) is 28.2 Å². The van der Waals surface area contributed by atoms with E-state index in [2.05, 4.69) is 10.6 Å². The van der Waals surface area contributed by atoms with E-state index in [1.165, 1.54) is 17.8 Å². The molecule has 1 heterocycles. The summed E-state index contributed by atoms with van der Waals surface area (Å²) in [6, 6.07) is 4.04. The second kappa shape index (κ2) is 8.60. The van der Waals surface area contributed by atoms with Crippen LogP contribution in [0.4, 0.5) is 5.69 Å². The summed E-state index contributed by atoms with van der Waals surface area (Å²) in [6.45, 7) is 1.95. The van der Waals surface area contributed by atoms with E-state index >= 15 is 0 Å². The van der Waals surface area contributed by atoms with E-state index in [1.807, 2.05) is 0 Å². The molecule has 1 aromatic rings. The Morgan fingerprint density at radius 1 is 1.42 bits per heavy atom. The number of esters is 1. The molecule has 130 valence electrons. The summed E-state index contributed by atoms with van der Waals surface area (Å²) in [4.78, 5) is 35.8. The largest absolute Gasteiger partial charge is 0.464 e. The zero-order valence-electron chi connectivity index (χ0n) is 12.8. The Kier molecular flexibility index (Phi) is 6.77. The zero-order chi connectivity index (χ0) is 17.7. The van der Waals surface area contributed by atoms with Crippen molar-refractivity contribution in [2.75, 3.05) is 17.7 Å². The van der Waals surface area contributed by atoms with Gasteiger partial charge < -0.3 is 15.4 Å². The van der Waals surface area contributed by atoms with Crippen molar-refractivity contribution in [1.82, 2.24) is 5.32 Å². The molecule has 0 saturated carbocycles. The fourth-order valence-corrected chi connectivity index (χ4v) is 3.55. The van der Waals surface area contributed by atoms with Gasteiger partial charge in [-0.3, -0.25) is 9.59 Å². The minimum Gasteiger partial charge on any atom is -0.464 e. The first-order valence-electron chi connectivity index (χ1n) is 7.24. The topological polar surface area (TPSA) is 84.5 Å². The van der Waals surface area contributed by atoms with Crippen LogP contribution in [0.2, 0.25) is 10.0 Å². The van der Waals surface area contributed by atoms with Crippen LogP contribution < -0.4 is 10.6 Å². The number of hydrogen-bond acceptors (Lipinski definition) is 5. The number of benzene rings is 1. The minimum atomic E-state index is -0.677. The van der Waals surface area contributed by atoms with E-state index in [0.717, 1.165) is 0 Å². The van der Waals surface area contributed by atoms with Gasteiger partial charge in [-0.1, -0.05) is 23.2 Å². The highest BCUT2D eigenvalue weighted by molar-refractivity contribution is 8.00. The average Bonchev–Trinajstić information content (AvgIpc) is 2.53. The lowest BCUT2D eigenvalue weighted by molar-refractivity contribution is -0.146. The molecule has 1 fully saturated rings. The van der Waals surface area contributed by atoms with E-state index < -0.39 is 17.3 Å². The van der Waals surface area contributed by atoms with Gasteiger partial charge >= 0.3 is 5.97 Å². The number of carbonyl (C=O) groups is 3. The van der Waals surface area contributed by atoms with Crippen molar-refractivity contribution in [2.45, 2.75) is 24.6 Å². The van der Waals surface area contributed by atoms with Gasteiger partial charge in [-0.05, 0) is 25.1 Å². The molecule has 1 aliphatic rings. The van der Waals surface area contributed by atoms with Crippen molar-refractivity contribution in [2.24, 2.45) is 0 Å². The van der Waals surface area contributed by atoms with Gasteiger partial charge in [-0.15, -0.1) is 11.8 Å². The van der Waals surface area contributed by atoms with E-state index in [1.54, 1.807) is 19.1 Å². The summed E-state index contributed by atoms with van der Waals surface area (Å²) < 4.78 is 4.88. The minimum absolute atomic E-state index is 0.0328. The average molecular weight is 391 g/mol. The number of hydrogen-bond donors (Lipinski definition) is 2. The number of nitrogens with one attached hydrogen (secondary N) is 2. The maximum Gasteiger partial charge on any atom is 0.329 e. The Morgan fingerprint density at radius 2 is 2.17 bits per heavy atom. The first-order valence-corrected chi connectivity index (χ1v) is 9.04. The van der Waals surface area contributed by atoms with Crippen molar-refractivity contribution in [3.63, 3.8) is 0 Å². The van der Waals surface area contributed by atoms with E-state index in [0.29, 0.717) is 21.5 Å². The standard InChI is InChI=1S/C15H16Cl2N2O4S/c1-2-23-15(22)11-7-24-12(14(21)19-11)6-13(20)18-10-5-8(16)3-4-9(10)17/h3-5,11-12H,2,6-7H2,1H3,(H,18,20)(H,19,21). The SMILES string of the molecule is CCOC(=O)C1CSC(CC(=O)Nc2cc(Cl)ccc2Cl)C(=O)N1. The third kappa shape index (κ3) is 5.03. The van der Waals surface area contributed by atoms with Gasteiger partial charge in [0.05, 0.1) is 22.6 Å². The predicted octanol–water partition coefficient (Wildman–Crippen LogP) is 2.49. The highest BCUT2D eigenvalue weighted by Gasteiger charge is 2.34. The quantitative estimate of drug-likeness (QED) is 0.754. The molecule has 0 spiro atoms. The number of carbonyl (C=O) groups excluding carboxylic acids is 3. The molecule has 6 nitrogen and oxygen atoms in total. The van der Waals surface area contributed by atoms with Gasteiger partial charge in [0, 0.05) is 17.2 Å². The molecule has 0 radical (unpaired) electrons. The maximum atomic E-state index is 12.1. The van der Waals surface area contributed by atoms with Gasteiger partial charge in [0.2, 0.25) is 11.8 Å². The second-order valence-corrected chi connectivity index (χ2v) is 7.09. The molecule has 1 saturated heterocycles. The number of amides is 2. The van der Waals surface area contributed by atoms with E-state index in [-0.39, 0.29) is 24.8 Å². The number of rotatable bonds is 5. The Balaban J connectivity index is 1.90. The molecular weight excluding hydrogens is 375 g/mol. The number of thioether (sulfide) groups is 1. The van der Waals surface area contributed by atoms with Crippen LogP contribution in [0.3, 0.4) is 0 Å². The van der Waals surface area contributed by atoms with E-state index in [4.69, 9.17) is 27.9 Å². The third-order valence-electron chi connectivity index (χ3n) is 3.22. The fraction of sp³-hybridized carbons (Fsp3) is 0.400. The van der Waals surface area contributed by atoms with Crippen LogP contribution >= 0.6 is 35.0 Å². The monoisotopic (exact) mass is 390 g/mol. The van der Waals surface area contributed by atoms with Crippen molar-refractivity contribution in [1.29, 1.82) is 0 Å². The normalized spacial score (nSPS) is 20.2. The molecule has 2 rings (SSSR count). The molecule has 2 atom stereocenters. The van der Waals surface area contributed by atoms with Crippen LogP contribution in [0.1, 0.15) is 13.3 Å². The van der Waals surface area contributed by atoms with Gasteiger partial charge in [0.1, 0.15) is 6.04 Å². The molecule has 0 aliphatic carbocycles. The second-order valence-electron chi connectivity index (χ2n) is 5.01. The summed E-state index contributed by atoms with van der Waals surface area (Å²) in [5.74, 6) is -0.828. The Hall–Kier alpha value is -1.44. The van der Waals surface area contributed by atoms with Crippen LogP contribution in [0.25, 0.3) is 0 Å². The summed E-state index contributed by atoms with van der Waals surface area (Å²) in [7, 11) is 0. The van der Waals surface area contributed by atoms with Gasteiger partial charge in [-0.2, -0.15) is 0 Å². The number of anilines is 1. The molecule has 24 heavy (non-hydrogen) atoms. The van der Waals surface area contributed by atoms with Crippen molar-refractivity contribution in [3.8, 4) is 0 Å². The molecule has 1 aliphatic heterocycles. The molecule has 1 aromatic carbocycles. The maximum absolute atomic E-state index is 12.1. The molecular formula is C15H16Cl2N2O4S. The Labute approximate surface area is 153 Å². The Bertz CT molecular complexity index is 656. The fourth-order valence-electron chi connectivity index (χ4n) is 2.08. The van der Waals surface area contributed by atoms with Crippen molar-refractivity contribution < 1.29 is 19.1 Å². The highest BCUT2D eigenvalue weighted by atomic mass is 35.5. The summed E-state index contributed by atoms with van der Waals surface area (Å²) in [5.41, 5.74) is 0.389. The van der Waals surface area contributed by atoms with Crippen LogP contribution in [0.15, 0.2) is 18.2 Å². The summed E-state index contributed by atoms with van der Waals surface area (Å²) in [5, 5.41) is 5.44. The predicted molar refractivity (Wildman–Crippen MR) is 94.5 cm³/mol. The first-order chi connectivity index (χ1) is 11.4. The number of ether oxygens (including phenoxy) is 1. The van der Waals surface area contributed by atoms with Gasteiger partial charge in [0.25, 0.3) is 0 Å². The van der Waals surface area contributed by atoms with E-state index in [9.17, 15) is 14.4 Å². The highest BCUT2D eigenvalue weighted by Crippen LogP contribution is 2.27. The lowest BCUT2D eigenvalue weighted by atomic mass is 10.2. The lowest BCUT2D eigenvalue weighted by Crippen LogP contribution is -2.51. The molecule has 9 heteroatoms. The molecule has 2 N–H and O–H groups in total. The Morgan fingerprint density at radius 3 is 2.83 bits per heavy atom. The van der Waals surface area contributed by atoms with Crippen molar-refractivity contribution >= 4 is 58.4 Å². The smallest absolute Gasteiger partial charge is 0.329 e. The lowest BCUT2D eigenvalue weighted by Gasteiger charge is -2.27. The molecule has 0 aromatic heterocycles. The molecule has 2 unspecified atom stereocenters. The van der Waals surface area contributed by atoms with Crippen LogP contribution in [0.5, 0.6) is 0 Å². The third-order valence-corrected chi connectivity index (χ3v) is 5.09. The van der Waals surface area contributed by atoms with Gasteiger partial charge in [0.15, 0.2) is 0 Å². The number of halogens is 2. The molecule has 2 amide bonds. The van der Waals surface area contributed by atoms with Crippen LogP contribution in [-0.4, -0.2) is 41.4 Å². The summed E-state index contributed by atoms with van der Waals surface area (Å²) >= 11 is 13.1.